The van der Waals surface area contributed by atoms with Crippen molar-refractivity contribution in [2.45, 2.75) is 6.42 Å². The Labute approximate surface area is 112 Å². The van der Waals surface area contributed by atoms with Gasteiger partial charge in [-0.3, -0.25) is 4.79 Å². The van der Waals surface area contributed by atoms with E-state index in [4.69, 9.17) is 11.5 Å². The predicted molar refractivity (Wildman–Crippen MR) is 77.9 cm³/mol. The van der Waals surface area contributed by atoms with Crippen molar-refractivity contribution >= 4 is 28.1 Å². The first-order valence-electron chi connectivity index (χ1n) is 6.48. The molecule has 2 aromatic carbocycles. The zero-order chi connectivity index (χ0) is 13.4. The number of nitrogens with two attached hydrogens (primary N) is 2. The Kier molecular flexibility index (Phi) is 2.87. The van der Waals surface area contributed by atoms with Crippen molar-refractivity contribution in [3.05, 3.63) is 36.4 Å². The van der Waals surface area contributed by atoms with Crippen LogP contribution in [0.5, 0.6) is 0 Å². The van der Waals surface area contributed by atoms with Gasteiger partial charge in [0.2, 0.25) is 5.91 Å². The number of benzene rings is 2. The summed E-state index contributed by atoms with van der Waals surface area (Å²) in [4.78, 5) is 13.9. The summed E-state index contributed by atoms with van der Waals surface area (Å²) in [5.74, 6) is 0.374. The zero-order valence-electron chi connectivity index (χ0n) is 10.7. The van der Waals surface area contributed by atoms with Crippen molar-refractivity contribution < 1.29 is 4.79 Å². The van der Waals surface area contributed by atoms with Gasteiger partial charge in [0.1, 0.15) is 0 Å². The average molecular weight is 255 g/mol. The van der Waals surface area contributed by atoms with Gasteiger partial charge in [0.25, 0.3) is 0 Å². The number of rotatable bonds is 2. The number of hydrogen-bond donors (Lipinski definition) is 2. The standard InChI is InChI=1S/C15H17N3O/c16-8-10-7-14(19)18(9-10)13-6-2-4-11-3-1-5-12(17)15(11)13/h1-6,10H,7-9,16-17H2. The lowest BCUT2D eigenvalue weighted by atomic mass is 10.1. The highest BCUT2D eigenvalue weighted by Gasteiger charge is 2.30. The Morgan fingerprint density at radius 1 is 1.21 bits per heavy atom. The van der Waals surface area contributed by atoms with E-state index in [9.17, 15) is 4.79 Å². The van der Waals surface area contributed by atoms with Crippen molar-refractivity contribution in [2.75, 3.05) is 23.7 Å². The summed E-state index contributed by atoms with van der Waals surface area (Å²) in [6.45, 7) is 1.23. The van der Waals surface area contributed by atoms with Crippen LogP contribution < -0.4 is 16.4 Å². The minimum absolute atomic E-state index is 0.131. The van der Waals surface area contributed by atoms with Crippen molar-refractivity contribution in [3.8, 4) is 0 Å². The summed E-state index contributed by atoms with van der Waals surface area (Å²) >= 11 is 0. The number of nitrogens with zero attached hydrogens (tertiary/aromatic N) is 1. The molecule has 98 valence electrons. The molecule has 4 nitrogen and oxygen atoms in total. The number of fused-ring (bicyclic) bond motifs is 1. The highest BCUT2D eigenvalue weighted by atomic mass is 16.2. The third-order valence-corrected chi connectivity index (χ3v) is 3.74. The quantitative estimate of drug-likeness (QED) is 0.803. The van der Waals surface area contributed by atoms with Gasteiger partial charge in [-0.2, -0.15) is 0 Å². The fraction of sp³-hybridized carbons (Fsp3) is 0.267. The lowest BCUT2D eigenvalue weighted by Gasteiger charge is -2.19. The lowest BCUT2D eigenvalue weighted by molar-refractivity contribution is -0.117. The highest BCUT2D eigenvalue weighted by molar-refractivity contribution is 6.09. The Balaban J connectivity index is 2.13. The van der Waals surface area contributed by atoms with Crippen LogP contribution in [0.2, 0.25) is 0 Å². The predicted octanol–water partition coefficient (Wildman–Crippen LogP) is 1.73. The summed E-state index contributed by atoms with van der Waals surface area (Å²) < 4.78 is 0. The summed E-state index contributed by atoms with van der Waals surface area (Å²) in [6, 6.07) is 11.7. The molecule has 0 saturated carbocycles. The summed E-state index contributed by atoms with van der Waals surface area (Å²) in [7, 11) is 0. The van der Waals surface area contributed by atoms with Crippen LogP contribution in [0.3, 0.4) is 0 Å². The SMILES string of the molecule is NCC1CC(=O)N(c2cccc3cccc(N)c23)C1. The molecule has 4 heteroatoms. The molecule has 0 radical (unpaired) electrons. The largest absolute Gasteiger partial charge is 0.398 e. The van der Waals surface area contributed by atoms with Crippen LogP contribution in [0.25, 0.3) is 10.8 Å². The van der Waals surface area contributed by atoms with Gasteiger partial charge in [0, 0.05) is 24.0 Å². The van der Waals surface area contributed by atoms with Gasteiger partial charge < -0.3 is 16.4 Å². The van der Waals surface area contributed by atoms with E-state index in [1.54, 1.807) is 0 Å². The molecule has 1 amide bonds. The fourth-order valence-corrected chi connectivity index (χ4v) is 2.75. The number of hydrogen-bond acceptors (Lipinski definition) is 3. The molecule has 1 unspecified atom stereocenters. The molecule has 1 aliphatic heterocycles. The van der Waals surface area contributed by atoms with Crippen molar-refractivity contribution in [3.63, 3.8) is 0 Å². The summed E-state index contributed by atoms with van der Waals surface area (Å²) in [5, 5.41) is 2.01. The third kappa shape index (κ3) is 1.94. The van der Waals surface area contributed by atoms with E-state index in [1.807, 2.05) is 41.3 Å². The van der Waals surface area contributed by atoms with Gasteiger partial charge in [0.05, 0.1) is 5.69 Å². The molecule has 0 aliphatic carbocycles. The van der Waals surface area contributed by atoms with Gasteiger partial charge in [-0.1, -0.05) is 24.3 Å². The van der Waals surface area contributed by atoms with E-state index in [0.29, 0.717) is 25.2 Å². The van der Waals surface area contributed by atoms with E-state index >= 15 is 0 Å². The van der Waals surface area contributed by atoms with Crippen molar-refractivity contribution in [2.24, 2.45) is 11.7 Å². The first-order chi connectivity index (χ1) is 9.20. The van der Waals surface area contributed by atoms with Gasteiger partial charge >= 0.3 is 0 Å². The lowest BCUT2D eigenvalue weighted by Crippen LogP contribution is -2.26. The number of amides is 1. The van der Waals surface area contributed by atoms with Crippen LogP contribution in [-0.4, -0.2) is 19.0 Å². The molecule has 0 bridgehead atoms. The molecule has 19 heavy (non-hydrogen) atoms. The van der Waals surface area contributed by atoms with Crippen LogP contribution in [0, 0.1) is 5.92 Å². The maximum absolute atomic E-state index is 12.1. The van der Waals surface area contributed by atoms with E-state index < -0.39 is 0 Å². The second-order valence-electron chi connectivity index (χ2n) is 5.03. The van der Waals surface area contributed by atoms with E-state index in [0.717, 1.165) is 16.5 Å². The van der Waals surface area contributed by atoms with Gasteiger partial charge in [-0.05, 0) is 30.0 Å². The average Bonchev–Trinajstić information content (AvgIpc) is 2.80. The van der Waals surface area contributed by atoms with Crippen LogP contribution >= 0.6 is 0 Å². The number of anilines is 2. The van der Waals surface area contributed by atoms with E-state index in [-0.39, 0.29) is 11.8 Å². The minimum atomic E-state index is 0.131. The normalized spacial score (nSPS) is 19.3. The number of carbonyl (C=O) groups is 1. The van der Waals surface area contributed by atoms with Gasteiger partial charge in [0.15, 0.2) is 0 Å². The topological polar surface area (TPSA) is 72.4 Å². The zero-order valence-corrected chi connectivity index (χ0v) is 10.7. The van der Waals surface area contributed by atoms with Crippen LogP contribution in [0.15, 0.2) is 36.4 Å². The molecule has 2 aromatic rings. The molecule has 1 saturated heterocycles. The third-order valence-electron chi connectivity index (χ3n) is 3.74. The second kappa shape index (κ2) is 4.55. The Bertz CT molecular complexity index is 633. The molecular weight excluding hydrogens is 238 g/mol. The monoisotopic (exact) mass is 255 g/mol. The first kappa shape index (κ1) is 12.0. The van der Waals surface area contributed by atoms with Crippen LogP contribution in [0.1, 0.15) is 6.42 Å². The molecule has 4 N–H and O–H groups in total. The second-order valence-corrected chi connectivity index (χ2v) is 5.03. The van der Waals surface area contributed by atoms with Crippen LogP contribution in [-0.2, 0) is 4.79 Å². The number of carbonyl (C=O) groups excluding carboxylic acids is 1. The Hall–Kier alpha value is -2.07. The highest BCUT2D eigenvalue weighted by Crippen LogP contribution is 2.34. The van der Waals surface area contributed by atoms with Crippen LogP contribution in [0.4, 0.5) is 11.4 Å². The summed E-state index contributed by atoms with van der Waals surface area (Å²) in [6.07, 6.45) is 0.527. The Morgan fingerprint density at radius 2 is 1.95 bits per heavy atom. The maximum atomic E-state index is 12.1. The van der Waals surface area contributed by atoms with Crippen molar-refractivity contribution in [1.29, 1.82) is 0 Å². The molecule has 1 fully saturated rings. The Morgan fingerprint density at radius 3 is 2.63 bits per heavy atom. The number of nitrogen functional groups attached to an aromatic ring is 1. The molecule has 0 aromatic heterocycles. The fourth-order valence-electron chi connectivity index (χ4n) is 2.75. The first-order valence-corrected chi connectivity index (χ1v) is 6.48. The molecule has 1 heterocycles. The van der Waals surface area contributed by atoms with Gasteiger partial charge in [-0.15, -0.1) is 0 Å². The van der Waals surface area contributed by atoms with E-state index in [2.05, 4.69) is 0 Å². The molecule has 1 atom stereocenters. The molecule has 3 rings (SSSR count). The molecule has 0 spiro atoms. The molecular formula is C15H17N3O. The minimum Gasteiger partial charge on any atom is -0.398 e. The summed E-state index contributed by atoms with van der Waals surface area (Å²) in [5.41, 5.74) is 13.4. The maximum Gasteiger partial charge on any atom is 0.227 e. The van der Waals surface area contributed by atoms with E-state index in [1.165, 1.54) is 0 Å². The smallest absolute Gasteiger partial charge is 0.227 e. The van der Waals surface area contributed by atoms with Gasteiger partial charge in [-0.25, -0.2) is 0 Å². The van der Waals surface area contributed by atoms with Crippen molar-refractivity contribution in [1.82, 2.24) is 0 Å². The molecule has 1 aliphatic rings.